The molecule has 1 aromatic carbocycles. The van der Waals surface area contributed by atoms with Crippen molar-refractivity contribution in [3.63, 3.8) is 0 Å². The summed E-state index contributed by atoms with van der Waals surface area (Å²) in [6, 6.07) is 8.87. The highest BCUT2D eigenvalue weighted by Gasteiger charge is 2.48. The van der Waals surface area contributed by atoms with Crippen LogP contribution < -0.4 is 10.1 Å². The summed E-state index contributed by atoms with van der Waals surface area (Å²) in [6.45, 7) is 4.83. The third-order valence-electron chi connectivity index (χ3n) is 4.41. The Hall–Kier alpha value is -1.10. The van der Waals surface area contributed by atoms with E-state index < -0.39 is 0 Å². The lowest BCUT2D eigenvalue weighted by Gasteiger charge is -2.50. The standard InChI is InChI=1S/C15H22N2O2/c1-17-7-6-16-14(9-17)15(10-19-11-15)12-4-3-5-13(8-12)18-2/h3-5,8,14,16H,6-7,9-11H2,1-2H3. The molecule has 0 aliphatic carbocycles. The van der Waals surface area contributed by atoms with Gasteiger partial charge in [-0.15, -0.1) is 0 Å². The molecular formula is C15H22N2O2. The topological polar surface area (TPSA) is 33.7 Å². The molecule has 3 rings (SSSR count). The summed E-state index contributed by atoms with van der Waals surface area (Å²) < 4.78 is 10.9. The largest absolute Gasteiger partial charge is 0.497 e. The minimum Gasteiger partial charge on any atom is -0.497 e. The monoisotopic (exact) mass is 262 g/mol. The Bertz CT molecular complexity index is 446. The Morgan fingerprint density at radius 2 is 2.26 bits per heavy atom. The molecule has 0 amide bonds. The lowest BCUT2D eigenvalue weighted by molar-refractivity contribution is -0.0865. The predicted octanol–water partition coefficient (Wildman–Crippen LogP) is 0.867. The number of methoxy groups -OCH3 is 1. The Morgan fingerprint density at radius 3 is 2.89 bits per heavy atom. The van der Waals surface area contributed by atoms with Gasteiger partial charge in [-0.2, -0.15) is 0 Å². The number of piperazine rings is 1. The number of hydrogen-bond acceptors (Lipinski definition) is 4. The summed E-state index contributed by atoms with van der Waals surface area (Å²) >= 11 is 0. The average molecular weight is 262 g/mol. The van der Waals surface area contributed by atoms with Crippen LogP contribution in [0.25, 0.3) is 0 Å². The number of rotatable bonds is 3. The summed E-state index contributed by atoms with van der Waals surface area (Å²) in [5.74, 6) is 0.924. The summed E-state index contributed by atoms with van der Waals surface area (Å²) in [7, 11) is 3.91. The number of benzene rings is 1. The van der Waals surface area contributed by atoms with Crippen LogP contribution in [0, 0.1) is 0 Å². The van der Waals surface area contributed by atoms with Crippen LogP contribution in [0.4, 0.5) is 0 Å². The quantitative estimate of drug-likeness (QED) is 0.876. The second-order valence-corrected chi connectivity index (χ2v) is 5.65. The van der Waals surface area contributed by atoms with Crippen LogP contribution >= 0.6 is 0 Å². The van der Waals surface area contributed by atoms with Crippen LogP contribution in [0.2, 0.25) is 0 Å². The second kappa shape index (κ2) is 5.12. The number of hydrogen-bond donors (Lipinski definition) is 1. The zero-order valence-electron chi connectivity index (χ0n) is 11.7. The maximum atomic E-state index is 5.56. The molecule has 104 valence electrons. The van der Waals surface area contributed by atoms with Crippen LogP contribution in [0.5, 0.6) is 5.75 Å². The van der Waals surface area contributed by atoms with E-state index in [1.165, 1.54) is 5.56 Å². The molecule has 4 heteroatoms. The van der Waals surface area contributed by atoms with Gasteiger partial charge >= 0.3 is 0 Å². The molecule has 0 radical (unpaired) electrons. The van der Waals surface area contributed by atoms with E-state index in [0.29, 0.717) is 6.04 Å². The first kappa shape index (κ1) is 12.9. The van der Waals surface area contributed by atoms with Gasteiger partial charge in [-0.05, 0) is 24.7 Å². The van der Waals surface area contributed by atoms with E-state index >= 15 is 0 Å². The minimum atomic E-state index is 0.100. The van der Waals surface area contributed by atoms with Crippen LogP contribution in [0.15, 0.2) is 24.3 Å². The van der Waals surface area contributed by atoms with E-state index in [-0.39, 0.29) is 5.41 Å². The van der Waals surface area contributed by atoms with E-state index in [1.54, 1.807) is 7.11 Å². The average Bonchev–Trinajstić information content (AvgIpc) is 2.38. The van der Waals surface area contributed by atoms with Gasteiger partial charge in [0.05, 0.1) is 25.7 Å². The molecule has 2 heterocycles. The van der Waals surface area contributed by atoms with Crippen molar-refractivity contribution < 1.29 is 9.47 Å². The fourth-order valence-corrected chi connectivity index (χ4v) is 3.09. The Morgan fingerprint density at radius 1 is 1.42 bits per heavy atom. The first-order valence-electron chi connectivity index (χ1n) is 6.89. The van der Waals surface area contributed by atoms with Crippen molar-refractivity contribution in [2.75, 3.05) is 47.0 Å². The van der Waals surface area contributed by atoms with Gasteiger partial charge in [-0.1, -0.05) is 12.1 Å². The lowest BCUT2D eigenvalue weighted by atomic mass is 9.71. The van der Waals surface area contributed by atoms with Gasteiger partial charge in [0.15, 0.2) is 0 Å². The third-order valence-corrected chi connectivity index (χ3v) is 4.41. The summed E-state index contributed by atoms with van der Waals surface area (Å²) in [5.41, 5.74) is 1.43. The van der Waals surface area contributed by atoms with E-state index in [0.717, 1.165) is 38.6 Å². The molecule has 2 fully saturated rings. The van der Waals surface area contributed by atoms with Crippen molar-refractivity contribution in [2.24, 2.45) is 0 Å². The molecule has 4 nitrogen and oxygen atoms in total. The molecule has 2 aliphatic heterocycles. The van der Waals surface area contributed by atoms with Crippen molar-refractivity contribution in [3.05, 3.63) is 29.8 Å². The molecule has 0 bridgehead atoms. The predicted molar refractivity (Wildman–Crippen MR) is 74.8 cm³/mol. The van der Waals surface area contributed by atoms with Gasteiger partial charge in [0, 0.05) is 25.7 Å². The highest BCUT2D eigenvalue weighted by Crippen LogP contribution is 2.38. The first-order chi connectivity index (χ1) is 9.24. The Labute approximate surface area is 114 Å². The molecule has 2 saturated heterocycles. The molecule has 19 heavy (non-hydrogen) atoms. The summed E-state index contributed by atoms with van der Waals surface area (Å²) in [6.07, 6.45) is 0. The van der Waals surface area contributed by atoms with Gasteiger partial charge in [-0.3, -0.25) is 0 Å². The van der Waals surface area contributed by atoms with Crippen molar-refractivity contribution in [1.29, 1.82) is 0 Å². The van der Waals surface area contributed by atoms with Gasteiger partial charge < -0.3 is 19.7 Å². The highest BCUT2D eigenvalue weighted by atomic mass is 16.5. The Balaban J connectivity index is 1.89. The van der Waals surface area contributed by atoms with Crippen molar-refractivity contribution in [1.82, 2.24) is 10.2 Å². The van der Waals surface area contributed by atoms with Crippen molar-refractivity contribution in [2.45, 2.75) is 11.5 Å². The lowest BCUT2D eigenvalue weighted by Crippen LogP contribution is -2.66. The minimum absolute atomic E-state index is 0.100. The van der Waals surface area contributed by atoms with Gasteiger partial charge in [0.1, 0.15) is 5.75 Å². The van der Waals surface area contributed by atoms with E-state index in [1.807, 2.05) is 6.07 Å². The maximum absolute atomic E-state index is 5.56. The Kier molecular flexibility index (Phi) is 3.48. The zero-order chi connectivity index (χ0) is 13.3. The number of ether oxygens (including phenoxy) is 2. The van der Waals surface area contributed by atoms with E-state index in [9.17, 15) is 0 Å². The molecule has 0 saturated carbocycles. The molecule has 1 unspecified atom stereocenters. The van der Waals surface area contributed by atoms with Crippen LogP contribution in [-0.4, -0.2) is 57.9 Å². The fraction of sp³-hybridized carbons (Fsp3) is 0.600. The van der Waals surface area contributed by atoms with Crippen LogP contribution in [-0.2, 0) is 10.2 Å². The van der Waals surface area contributed by atoms with Crippen LogP contribution in [0.3, 0.4) is 0 Å². The summed E-state index contributed by atoms with van der Waals surface area (Å²) in [5, 5.41) is 3.67. The molecular weight excluding hydrogens is 240 g/mol. The fourth-order valence-electron chi connectivity index (χ4n) is 3.09. The van der Waals surface area contributed by atoms with Gasteiger partial charge in [0.2, 0.25) is 0 Å². The van der Waals surface area contributed by atoms with Gasteiger partial charge in [0.25, 0.3) is 0 Å². The smallest absolute Gasteiger partial charge is 0.119 e. The molecule has 1 N–H and O–H groups in total. The van der Waals surface area contributed by atoms with E-state index in [2.05, 4.69) is 35.5 Å². The number of nitrogens with one attached hydrogen (secondary N) is 1. The SMILES string of the molecule is COc1cccc(C2(C3CN(C)CCN3)COC2)c1. The van der Waals surface area contributed by atoms with Crippen LogP contribution in [0.1, 0.15) is 5.56 Å². The highest BCUT2D eigenvalue weighted by molar-refractivity contribution is 5.37. The molecule has 2 aliphatic rings. The normalized spacial score (nSPS) is 26.7. The molecule has 1 aromatic rings. The first-order valence-corrected chi connectivity index (χ1v) is 6.89. The van der Waals surface area contributed by atoms with Crippen molar-refractivity contribution >= 4 is 0 Å². The van der Waals surface area contributed by atoms with Gasteiger partial charge in [-0.25, -0.2) is 0 Å². The number of likely N-dealkylation sites (N-methyl/N-ethyl adjacent to an activating group) is 1. The third kappa shape index (κ3) is 2.24. The second-order valence-electron chi connectivity index (χ2n) is 5.65. The van der Waals surface area contributed by atoms with Crippen molar-refractivity contribution in [3.8, 4) is 5.75 Å². The zero-order valence-corrected chi connectivity index (χ0v) is 11.7. The maximum Gasteiger partial charge on any atom is 0.119 e. The summed E-state index contributed by atoms with van der Waals surface area (Å²) in [4.78, 5) is 2.39. The molecule has 1 atom stereocenters. The van der Waals surface area contributed by atoms with E-state index in [4.69, 9.17) is 9.47 Å². The number of nitrogens with zero attached hydrogens (tertiary/aromatic N) is 1. The molecule has 0 aromatic heterocycles. The molecule has 0 spiro atoms.